The molecule has 0 bridgehead atoms. The molecule has 11 heavy (non-hydrogen) atoms. The molecule has 0 aliphatic carbocycles. The van der Waals surface area contributed by atoms with Crippen LogP contribution in [-0.2, 0) is 4.79 Å². The van der Waals surface area contributed by atoms with Gasteiger partial charge in [-0.15, -0.1) is 0 Å². The van der Waals surface area contributed by atoms with E-state index in [0.29, 0.717) is 0 Å². The molecule has 0 spiro atoms. The van der Waals surface area contributed by atoms with Gasteiger partial charge in [0.05, 0.1) is 0 Å². The highest BCUT2D eigenvalue weighted by Gasteiger charge is 1.84. The van der Waals surface area contributed by atoms with Crippen LogP contribution in [0.25, 0.3) is 0 Å². The molecule has 0 amide bonds. The lowest BCUT2D eigenvalue weighted by Gasteiger charge is -1.87. The van der Waals surface area contributed by atoms with E-state index >= 15 is 0 Å². The predicted molar refractivity (Wildman–Crippen MR) is 51.8 cm³/mol. The maximum atomic E-state index is 8.57. The van der Waals surface area contributed by atoms with Crippen LogP contribution in [0.15, 0.2) is 28.7 Å². The molecule has 0 atom stereocenters. The van der Waals surface area contributed by atoms with Gasteiger partial charge in [0, 0.05) is 9.50 Å². The normalized spacial score (nSPS) is 7.91. The van der Waals surface area contributed by atoms with E-state index in [1.54, 1.807) is 0 Å². The molecule has 0 N–H and O–H groups in total. The molecule has 0 fully saturated rings. The highest BCUT2D eigenvalue weighted by molar-refractivity contribution is 9.10. The molecule has 0 heterocycles. The van der Waals surface area contributed by atoms with Crippen molar-refractivity contribution in [3.8, 4) is 0 Å². The minimum Gasteiger partial charge on any atom is -0.285 e. The Balaban J connectivity index is 0.000000292. The Kier molecular flexibility index (Phi) is 6.62. The van der Waals surface area contributed by atoms with Gasteiger partial charge in [0.2, 0.25) is 5.75 Å². The third-order valence-corrected chi connectivity index (χ3v) is 1.52. The average Bonchev–Trinajstić information content (AvgIpc) is 1.88. The Bertz CT molecular complexity index is 210. The van der Waals surface area contributed by atoms with E-state index in [1.165, 1.54) is 0 Å². The lowest BCUT2D eigenvalue weighted by Crippen LogP contribution is -1.61. The van der Waals surface area contributed by atoms with Crippen LogP contribution in [0.1, 0.15) is 0 Å². The monoisotopic (exact) mass is 254 g/mol. The lowest BCUT2D eigenvalue weighted by molar-refractivity contribution is 0.569. The van der Waals surface area contributed by atoms with Gasteiger partial charge in [0.25, 0.3) is 0 Å². The summed E-state index contributed by atoms with van der Waals surface area (Å²) in [6.45, 7) is 0. The topological polar surface area (TPSA) is 17.1 Å². The van der Waals surface area contributed by atoms with E-state index in [4.69, 9.17) is 16.4 Å². The summed E-state index contributed by atoms with van der Waals surface area (Å²) in [6.07, 6.45) is 0. The van der Waals surface area contributed by atoms with Crippen LogP contribution in [0, 0.1) is 0 Å². The third-order valence-electron chi connectivity index (χ3n) is 0.787. The molecular weight excluding hydrogens is 251 g/mol. The molecule has 0 radical (unpaired) electrons. The summed E-state index contributed by atoms with van der Waals surface area (Å²) in [5.41, 5.74) is 0. The summed E-state index contributed by atoms with van der Waals surface area (Å²) in [4.78, 5) is 8.57. The number of benzene rings is 1. The second kappa shape index (κ2) is 6.65. The highest BCUT2D eigenvalue weighted by Crippen LogP contribution is 2.14. The molecule has 4 heteroatoms. The number of carbonyl (C=O) groups excluding carboxylic acids is 1. The van der Waals surface area contributed by atoms with E-state index < -0.39 is 0 Å². The minimum atomic E-state index is 0.222. The molecule has 0 aliphatic heterocycles. The molecule has 1 aromatic carbocycles. The van der Waals surface area contributed by atoms with E-state index in [0.717, 1.165) is 9.50 Å². The lowest BCUT2D eigenvalue weighted by atomic mass is 10.4. The van der Waals surface area contributed by atoms with Crippen LogP contribution >= 0.6 is 39.1 Å². The van der Waals surface area contributed by atoms with Gasteiger partial charge in [-0.3, -0.25) is 4.79 Å². The fraction of sp³-hybridized carbons (Fsp3) is 0. The molecule has 0 saturated heterocycles. The molecule has 1 nitrogen and oxygen atoms in total. The zero-order valence-electron chi connectivity index (χ0n) is 5.43. The van der Waals surface area contributed by atoms with Crippen LogP contribution in [-0.4, -0.2) is 5.75 Å². The fourth-order valence-electron chi connectivity index (χ4n) is 0.460. The summed E-state index contributed by atoms with van der Waals surface area (Å²) < 4.78 is 1.02. The second-order valence-electron chi connectivity index (χ2n) is 1.53. The second-order valence-corrected chi connectivity index (χ2v) is 3.06. The van der Waals surface area contributed by atoms with Crippen molar-refractivity contribution in [2.24, 2.45) is 0 Å². The molecule has 1 aromatic rings. The van der Waals surface area contributed by atoms with Gasteiger partial charge in [0.1, 0.15) is 0 Å². The van der Waals surface area contributed by atoms with Crippen LogP contribution in [0.3, 0.4) is 0 Å². The Morgan fingerprint density at radius 3 is 2.27 bits per heavy atom. The summed E-state index contributed by atoms with van der Waals surface area (Å²) in [7, 11) is 0. The van der Waals surface area contributed by atoms with Crippen molar-refractivity contribution in [3.05, 3.63) is 33.8 Å². The maximum Gasteiger partial charge on any atom is 0.208 e. The zero-order valence-corrected chi connectivity index (χ0v) is 8.53. The molecule has 1 rings (SSSR count). The van der Waals surface area contributed by atoms with Crippen molar-refractivity contribution >= 4 is 44.9 Å². The quantitative estimate of drug-likeness (QED) is 0.512. The van der Waals surface area contributed by atoms with Crippen LogP contribution < -0.4 is 0 Å². The van der Waals surface area contributed by atoms with Crippen molar-refractivity contribution in [2.45, 2.75) is 0 Å². The number of rotatable bonds is 0. The van der Waals surface area contributed by atoms with Gasteiger partial charge < -0.3 is 0 Å². The van der Waals surface area contributed by atoms with Crippen molar-refractivity contribution in [2.75, 3.05) is 0 Å². The van der Waals surface area contributed by atoms with Crippen molar-refractivity contribution in [1.29, 1.82) is 0 Å². The number of hydrogen-bond donors (Lipinski definition) is 0. The fourth-order valence-corrected chi connectivity index (χ4v) is 1.18. The molecular formula is C7H5BrCl2O. The largest absolute Gasteiger partial charge is 0.285 e. The number of halogens is 3. The van der Waals surface area contributed by atoms with Gasteiger partial charge in [-0.2, -0.15) is 0 Å². The third kappa shape index (κ3) is 6.35. The minimum absolute atomic E-state index is 0.222. The summed E-state index contributed by atoms with van der Waals surface area (Å²) in [5.74, 6) is 0.222. The maximum absolute atomic E-state index is 8.57. The highest BCUT2D eigenvalue weighted by atomic mass is 79.9. The molecule has 0 aromatic heterocycles. The molecule has 0 saturated carbocycles. The van der Waals surface area contributed by atoms with Crippen molar-refractivity contribution in [1.82, 2.24) is 0 Å². The average molecular weight is 256 g/mol. The first kappa shape index (κ1) is 11.0. The van der Waals surface area contributed by atoms with E-state index in [-0.39, 0.29) is 5.75 Å². The zero-order chi connectivity index (χ0) is 8.69. The Hall–Kier alpha value is -0.0500. The summed E-state index contributed by atoms with van der Waals surface area (Å²) >= 11 is 13.2. The van der Waals surface area contributed by atoms with Gasteiger partial charge in [-0.25, -0.2) is 0 Å². The van der Waals surface area contributed by atoms with E-state index in [2.05, 4.69) is 27.5 Å². The SMILES string of the molecule is Clc1cccc(Br)c1.O=CCl. The number of carbonyl (C=O) groups is 1. The van der Waals surface area contributed by atoms with E-state index in [9.17, 15) is 0 Å². The Labute approximate surface area is 83.4 Å². The van der Waals surface area contributed by atoms with Gasteiger partial charge >= 0.3 is 0 Å². The first-order valence-electron chi connectivity index (χ1n) is 2.65. The molecule has 0 unspecified atom stereocenters. The summed E-state index contributed by atoms with van der Waals surface area (Å²) in [5, 5.41) is 0.763. The first-order valence-corrected chi connectivity index (χ1v) is 4.26. The van der Waals surface area contributed by atoms with Crippen molar-refractivity contribution in [3.63, 3.8) is 0 Å². The Morgan fingerprint density at radius 1 is 1.45 bits per heavy atom. The standard InChI is InChI=1S/C6H4BrCl.CHClO/c7-5-2-1-3-6(8)4-5;2-1-3/h1-4H;1H. The van der Waals surface area contributed by atoms with Crippen LogP contribution in [0.5, 0.6) is 0 Å². The smallest absolute Gasteiger partial charge is 0.208 e. The van der Waals surface area contributed by atoms with Gasteiger partial charge in [-0.05, 0) is 29.8 Å². The first-order chi connectivity index (χ1) is 5.20. The van der Waals surface area contributed by atoms with Crippen LogP contribution in [0.4, 0.5) is 0 Å². The number of hydrogen-bond acceptors (Lipinski definition) is 1. The van der Waals surface area contributed by atoms with Gasteiger partial charge in [0.15, 0.2) is 0 Å². The molecule has 60 valence electrons. The Morgan fingerprint density at radius 2 is 2.00 bits per heavy atom. The van der Waals surface area contributed by atoms with Gasteiger partial charge in [-0.1, -0.05) is 33.6 Å². The van der Waals surface area contributed by atoms with E-state index in [1.807, 2.05) is 24.3 Å². The predicted octanol–water partition coefficient (Wildman–Crippen LogP) is 3.52. The van der Waals surface area contributed by atoms with Crippen LogP contribution in [0.2, 0.25) is 5.02 Å². The molecule has 0 aliphatic rings. The van der Waals surface area contributed by atoms with Crippen molar-refractivity contribution < 1.29 is 4.79 Å². The summed E-state index contributed by atoms with van der Waals surface area (Å²) in [6, 6.07) is 7.52.